The van der Waals surface area contributed by atoms with Crippen molar-refractivity contribution in [1.82, 2.24) is 25.5 Å². The Balaban J connectivity index is 1.56. The number of amides is 1. The van der Waals surface area contributed by atoms with Gasteiger partial charge >= 0.3 is 0 Å². The second-order valence-corrected chi connectivity index (χ2v) is 5.27. The van der Waals surface area contributed by atoms with Crippen molar-refractivity contribution < 1.29 is 9.53 Å². The van der Waals surface area contributed by atoms with E-state index >= 15 is 0 Å². The molecule has 21 heavy (non-hydrogen) atoms. The number of halogens is 1. The summed E-state index contributed by atoms with van der Waals surface area (Å²) >= 11 is 5.80. The lowest BCUT2D eigenvalue weighted by Crippen LogP contribution is -2.30. The standard InChI is InChI=1S/C13H14ClN5O2/c14-9-1-5-11(6-2-9)21-8-12-16-17-18-19(12)7-13(20)15-10-3-4-10/h1-2,5-6,10H,3-4,7-8H2,(H,15,20). The normalized spacial score (nSPS) is 14.0. The topological polar surface area (TPSA) is 81.9 Å². The van der Waals surface area contributed by atoms with Crippen molar-refractivity contribution in [2.45, 2.75) is 32.0 Å². The first-order valence-electron chi connectivity index (χ1n) is 6.63. The van der Waals surface area contributed by atoms with E-state index in [1.807, 2.05) is 0 Å². The molecule has 7 nitrogen and oxygen atoms in total. The van der Waals surface area contributed by atoms with Gasteiger partial charge in [0.15, 0.2) is 5.82 Å². The summed E-state index contributed by atoms with van der Waals surface area (Å²) in [6.45, 7) is 0.286. The van der Waals surface area contributed by atoms with Crippen molar-refractivity contribution in [3.63, 3.8) is 0 Å². The SMILES string of the molecule is O=C(Cn1nnnc1COc1ccc(Cl)cc1)NC1CC1. The van der Waals surface area contributed by atoms with Crippen LogP contribution in [0.15, 0.2) is 24.3 Å². The average Bonchev–Trinajstić information content (AvgIpc) is 3.17. The Labute approximate surface area is 126 Å². The maximum absolute atomic E-state index is 11.7. The maximum atomic E-state index is 11.7. The van der Waals surface area contributed by atoms with Crippen molar-refractivity contribution >= 4 is 17.5 Å². The van der Waals surface area contributed by atoms with Gasteiger partial charge in [0.05, 0.1) is 0 Å². The van der Waals surface area contributed by atoms with E-state index in [4.69, 9.17) is 16.3 Å². The van der Waals surface area contributed by atoms with E-state index in [1.165, 1.54) is 4.68 Å². The van der Waals surface area contributed by atoms with Crippen LogP contribution in [0.5, 0.6) is 5.75 Å². The molecule has 1 aromatic heterocycles. The van der Waals surface area contributed by atoms with Gasteiger partial charge in [-0.15, -0.1) is 5.10 Å². The third kappa shape index (κ3) is 3.91. The summed E-state index contributed by atoms with van der Waals surface area (Å²) in [6, 6.07) is 7.32. The number of ether oxygens (including phenoxy) is 1. The minimum absolute atomic E-state index is 0.0856. The zero-order valence-electron chi connectivity index (χ0n) is 11.2. The highest BCUT2D eigenvalue weighted by molar-refractivity contribution is 6.30. The number of nitrogens with one attached hydrogen (secondary N) is 1. The van der Waals surface area contributed by atoms with Crippen LogP contribution in [0, 0.1) is 0 Å². The summed E-state index contributed by atoms with van der Waals surface area (Å²) in [6.07, 6.45) is 2.10. The molecule has 0 saturated heterocycles. The summed E-state index contributed by atoms with van der Waals surface area (Å²) in [5.41, 5.74) is 0. The smallest absolute Gasteiger partial charge is 0.242 e. The lowest BCUT2D eigenvalue weighted by Gasteiger charge is -2.07. The molecule has 0 radical (unpaired) electrons. The minimum atomic E-state index is -0.0856. The zero-order valence-corrected chi connectivity index (χ0v) is 12.0. The highest BCUT2D eigenvalue weighted by atomic mass is 35.5. The lowest BCUT2D eigenvalue weighted by molar-refractivity contribution is -0.122. The molecule has 8 heteroatoms. The first kappa shape index (κ1) is 13.8. The first-order valence-corrected chi connectivity index (χ1v) is 7.01. The Hall–Kier alpha value is -2.15. The lowest BCUT2D eigenvalue weighted by atomic mass is 10.3. The second kappa shape index (κ2) is 6.09. The Morgan fingerprint density at radius 3 is 2.86 bits per heavy atom. The molecule has 3 rings (SSSR count). The van der Waals surface area contributed by atoms with Gasteiger partial charge < -0.3 is 10.1 Å². The van der Waals surface area contributed by atoms with Gasteiger partial charge in [-0.1, -0.05) is 11.6 Å². The van der Waals surface area contributed by atoms with Gasteiger partial charge in [0.1, 0.15) is 18.9 Å². The van der Waals surface area contributed by atoms with Gasteiger partial charge in [-0.3, -0.25) is 4.79 Å². The third-order valence-electron chi connectivity index (χ3n) is 3.02. The van der Waals surface area contributed by atoms with Crippen LogP contribution in [0.1, 0.15) is 18.7 Å². The molecule has 0 bridgehead atoms. The summed E-state index contributed by atoms with van der Waals surface area (Å²) in [7, 11) is 0. The van der Waals surface area contributed by atoms with Crippen molar-refractivity contribution in [3.05, 3.63) is 35.1 Å². The molecule has 1 N–H and O–H groups in total. The Bertz CT molecular complexity index is 624. The fourth-order valence-corrected chi connectivity index (χ4v) is 1.89. The van der Waals surface area contributed by atoms with Crippen molar-refractivity contribution in [1.29, 1.82) is 0 Å². The van der Waals surface area contributed by atoms with Crippen LogP contribution in [0.25, 0.3) is 0 Å². The van der Waals surface area contributed by atoms with Gasteiger partial charge in [0.2, 0.25) is 5.91 Å². The molecule has 1 aromatic carbocycles. The van der Waals surface area contributed by atoms with Crippen LogP contribution in [0.2, 0.25) is 5.02 Å². The van der Waals surface area contributed by atoms with Crippen LogP contribution in [0.4, 0.5) is 0 Å². The van der Waals surface area contributed by atoms with Crippen LogP contribution in [-0.2, 0) is 17.9 Å². The number of carbonyl (C=O) groups is 1. The molecule has 1 aliphatic rings. The van der Waals surface area contributed by atoms with E-state index in [9.17, 15) is 4.79 Å². The summed E-state index contributed by atoms with van der Waals surface area (Å²) < 4.78 is 7.01. The molecule has 1 amide bonds. The number of carbonyl (C=O) groups excluding carboxylic acids is 1. The summed E-state index contributed by atoms with van der Waals surface area (Å²) in [4.78, 5) is 11.7. The van der Waals surface area contributed by atoms with Gasteiger partial charge in [-0.05, 0) is 47.5 Å². The average molecular weight is 308 g/mol. The van der Waals surface area contributed by atoms with Crippen LogP contribution >= 0.6 is 11.6 Å². The predicted molar refractivity (Wildman–Crippen MR) is 74.8 cm³/mol. The number of aromatic nitrogens is 4. The summed E-state index contributed by atoms with van der Waals surface area (Å²) in [5.74, 6) is 1.07. The molecule has 0 spiro atoms. The van der Waals surface area contributed by atoms with E-state index in [1.54, 1.807) is 24.3 Å². The molecule has 1 fully saturated rings. The van der Waals surface area contributed by atoms with Gasteiger partial charge in [-0.2, -0.15) is 0 Å². The number of tetrazole rings is 1. The molecule has 0 aliphatic heterocycles. The fourth-order valence-electron chi connectivity index (χ4n) is 1.77. The number of rotatable bonds is 6. The zero-order chi connectivity index (χ0) is 14.7. The minimum Gasteiger partial charge on any atom is -0.486 e. The van der Waals surface area contributed by atoms with Crippen molar-refractivity contribution in [2.24, 2.45) is 0 Å². The second-order valence-electron chi connectivity index (χ2n) is 4.84. The molecule has 1 aliphatic carbocycles. The van der Waals surface area contributed by atoms with Crippen molar-refractivity contribution in [3.8, 4) is 5.75 Å². The Kier molecular flexibility index (Phi) is 4.01. The van der Waals surface area contributed by atoms with E-state index < -0.39 is 0 Å². The molecule has 110 valence electrons. The number of hydrogen-bond acceptors (Lipinski definition) is 5. The molecule has 0 unspecified atom stereocenters. The van der Waals surface area contributed by atoms with Crippen LogP contribution in [0.3, 0.4) is 0 Å². The van der Waals surface area contributed by atoms with E-state index in [-0.39, 0.29) is 19.1 Å². The first-order chi connectivity index (χ1) is 10.2. The number of nitrogens with zero attached hydrogens (tertiary/aromatic N) is 4. The molecular formula is C13H14ClN5O2. The molecule has 2 aromatic rings. The number of benzene rings is 1. The maximum Gasteiger partial charge on any atom is 0.242 e. The Morgan fingerprint density at radius 1 is 1.38 bits per heavy atom. The van der Waals surface area contributed by atoms with Crippen molar-refractivity contribution in [2.75, 3.05) is 0 Å². The molecular weight excluding hydrogens is 294 g/mol. The van der Waals surface area contributed by atoms with Gasteiger partial charge in [-0.25, -0.2) is 4.68 Å². The molecule has 0 atom stereocenters. The van der Waals surface area contributed by atoms with E-state index in [2.05, 4.69) is 20.8 Å². The van der Waals surface area contributed by atoms with Crippen LogP contribution < -0.4 is 10.1 Å². The quantitative estimate of drug-likeness (QED) is 0.866. The largest absolute Gasteiger partial charge is 0.486 e. The third-order valence-corrected chi connectivity index (χ3v) is 3.28. The number of hydrogen-bond donors (Lipinski definition) is 1. The Morgan fingerprint density at radius 2 is 2.14 bits per heavy atom. The van der Waals surface area contributed by atoms with E-state index in [0.717, 1.165) is 12.8 Å². The fraction of sp³-hybridized carbons (Fsp3) is 0.385. The highest BCUT2D eigenvalue weighted by Gasteiger charge is 2.23. The van der Waals surface area contributed by atoms with Gasteiger partial charge in [0, 0.05) is 11.1 Å². The predicted octanol–water partition coefficient (Wildman–Crippen LogP) is 1.18. The van der Waals surface area contributed by atoms with Gasteiger partial charge in [0.25, 0.3) is 0 Å². The molecule has 1 saturated carbocycles. The summed E-state index contributed by atoms with van der Waals surface area (Å²) in [5, 5.41) is 14.8. The monoisotopic (exact) mass is 307 g/mol. The highest BCUT2D eigenvalue weighted by Crippen LogP contribution is 2.18. The molecule has 1 heterocycles. The van der Waals surface area contributed by atoms with Crippen LogP contribution in [-0.4, -0.2) is 32.2 Å². The van der Waals surface area contributed by atoms with E-state index in [0.29, 0.717) is 22.6 Å².